The highest BCUT2D eigenvalue weighted by Gasteiger charge is 2.54. The van der Waals surface area contributed by atoms with Gasteiger partial charge in [0.2, 0.25) is 5.91 Å². The van der Waals surface area contributed by atoms with Crippen LogP contribution in [0.4, 0.5) is 0 Å². The van der Waals surface area contributed by atoms with Gasteiger partial charge in [-0.1, -0.05) is 22.0 Å². The number of nitrogens with zero attached hydrogens (tertiary/aromatic N) is 1. The molecule has 2 atom stereocenters. The molecule has 0 aromatic carbocycles. The summed E-state index contributed by atoms with van der Waals surface area (Å²) in [4.78, 5) is 16.2. The minimum atomic E-state index is -0.214. The molecule has 1 aliphatic rings. The van der Waals surface area contributed by atoms with Crippen LogP contribution in [0.2, 0.25) is 0 Å². The standard InChI is InChI=1S/C11H13BrN2O/c1-11(6-9(11)12)10(15)14-7-8-4-2-3-5-13-8/h2-5,9H,6-7H2,1H3,(H,14,15). The molecule has 15 heavy (non-hydrogen) atoms. The molecule has 0 saturated heterocycles. The molecule has 1 fully saturated rings. The zero-order valence-corrected chi connectivity index (χ0v) is 10.1. The number of hydrogen-bond donors (Lipinski definition) is 1. The molecule has 80 valence electrons. The number of carbonyl (C=O) groups excluding carboxylic acids is 1. The third-order valence-corrected chi connectivity index (χ3v) is 4.14. The molecule has 2 unspecified atom stereocenters. The van der Waals surface area contributed by atoms with Gasteiger partial charge in [0.05, 0.1) is 17.7 Å². The lowest BCUT2D eigenvalue weighted by Crippen LogP contribution is -2.31. The minimum Gasteiger partial charge on any atom is -0.350 e. The molecule has 4 heteroatoms. The van der Waals surface area contributed by atoms with Crippen molar-refractivity contribution in [1.82, 2.24) is 10.3 Å². The van der Waals surface area contributed by atoms with Gasteiger partial charge in [0.1, 0.15) is 0 Å². The van der Waals surface area contributed by atoms with E-state index in [0.29, 0.717) is 11.4 Å². The lowest BCUT2D eigenvalue weighted by atomic mass is 10.1. The average Bonchev–Trinajstić information content (AvgIpc) is 2.86. The first kappa shape index (κ1) is 10.6. The van der Waals surface area contributed by atoms with E-state index in [2.05, 4.69) is 26.2 Å². The molecule has 1 aliphatic carbocycles. The Bertz CT molecular complexity index is 368. The van der Waals surface area contributed by atoms with E-state index in [0.717, 1.165) is 12.1 Å². The largest absolute Gasteiger partial charge is 0.350 e. The quantitative estimate of drug-likeness (QED) is 0.851. The monoisotopic (exact) mass is 268 g/mol. The van der Waals surface area contributed by atoms with E-state index < -0.39 is 0 Å². The smallest absolute Gasteiger partial charge is 0.227 e. The first-order chi connectivity index (χ1) is 7.13. The van der Waals surface area contributed by atoms with Crippen LogP contribution in [0.1, 0.15) is 19.0 Å². The van der Waals surface area contributed by atoms with Crippen molar-refractivity contribution in [3.8, 4) is 0 Å². The highest BCUT2D eigenvalue weighted by Crippen LogP contribution is 2.51. The molecule has 0 spiro atoms. The van der Waals surface area contributed by atoms with E-state index >= 15 is 0 Å². The maximum atomic E-state index is 11.7. The van der Waals surface area contributed by atoms with Crippen molar-refractivity contribution in [1.29, 1.82) is 0 Å². The Morgan fingerprint density at radius 2 is 2.47 bits per heavy atom. The average molecular weight is 269 g/mol. The molecule has 2 rings (SSSR count). The van der Waals surface area contributed by atoms with Crippen molar-refractivity contribution in [2.75, 3.05) is 0 Å². The van der Waals surface area contributed by atoms with Crippen LogP contribution in [0, 0.1) is 5.41 Å². The lowest BCUT2D eigenvalue weighted by molar-refractivity contribution is -0.125. The summed E-state index contributed by atoms with van der Waals surface area (Å²) in [6.07, 6.45) is 2.65. The molecule has 3 nitrogen and oxygen atoms in total. The number of rotatable bonds is 3. The molecule has 1 N–H and O–H groups in total. The molecular weight excluding hydrogens is 256 g/mol. The van der Waals surface area contributed by atoms with Crippen molar-refractivity contribution >= 4 is 21.8 Å². The van der Waals surface area contributed by atoms with E-state index in [9.17, 15) is 4.79 Å². The van der Waals surface area contributed by atoms with E-state index in [4.69, 9.17) is 0 Å². The van der Waals surface area contributed by atoms with Crippen molar-refractivity contribution < 1.29 is 4.79 Å². The minimum absolute atomic E-state index is 0.107. The number of aromatic nitrogens is 1. The van der Waals surface area contributed by atoms with Gasteiger partial charge in [0, 0.05) is 11.0 Å². The van der Waals surface area contributed by atoms with E-state index in [1.165, 1.54) is 0 Å². The number of hydrogen-bond acceptors (Lipinski definition) is 2. The molecule has 0 bridgehead atoms. The van der Waals surface area contributed by atoms with Gasteiger partial charge in [-0.15, -0.1) is 0 Å². The number of carbonyl (C=O) groups is 1. The molecule has 0 radical (unpaired) electrons. The zero-order valence-electron chi connectivity index (χ0n) is 8.53. The number of pyridine rings is 1. The predicted octanol–water partition coefficient (Wildman–Crippen LogP) is 1.87. The van der Waals surface area contributed by atoms with Crippen molar-refractivity contribution in [2.24, 2.45) is 5.41 Å². The van der Waals surface area contributed by atoms with Crippen LogP contribution < -0.4 is 5.32 Å². The highest BCUT2D eigenvalue weighted by molar-refractivity contribution is 9.09. The van der Waals surface area contributed by atoms with E-state index in [1.807, 2.05) is 25.1 Å². The molecule has 0 aliphatic heterocycles. The Labute approximate surface area is 97.4 Å². The Hall–Kier alpha value is -0.900. The van der Waals surface area contributed by atoms with Gasteiger partial charge in [-0.05, 0) is 25.5 Å². The molecule has 1 aromatic rings. The van der Waals surface area contributed by atoms with Gasteiger partial charge in [-0.2, -0.15) is 0 Å². The van der Waals surface area contributed by atoms with Crippen molar-refractivity contribution in [3.63, 3.8) is 0 Å². The number of nitrogens with one attached hydrogen (secondary N) is 1. The highest BCUT2D eigenvalue weighted by atomic mass is 79.9. The molecular formula is C11H13BrN2O. The fourth-order valence-corrected chi connectivity index (χ4v) is 2.30. The van der Waals surface area contributed by atoms with Gasteiger partial charge in [0.15, 0.2) is 0 Å². The number of alkyl halides is 1. The number of halogens is 1. The summed E-state index contributed by atoms with van der Waals surface area (Å²) in [6.45, 7) is 2.48. The van der Waals surface area contributed by atoms with Crippen molar-refractivity contribution in [3.05, 3.63) is 30.1 Å². The van der Waals surface area contributed by atoms with Gasteiger partial charge in [-0.25, -0.2) is 0 Å². The summed E-state index contributed by atoms with van der Waals surface area (Å²) < 4.78 is 0. The van der Waals surface area contributed by atoms with Crippen LogP contribution in [-0.4, -0.2) is 15.7 Å². The summed E-state index contributed by atoms with van der Waals surface area (Å²) in [5.41, 5.74) is 0.677. The van der Waals surface area contributed by atoms with Gasteiger partial charge in [-0.3, -0.25) is 9.78 Å². The van der Waals surface area contributed by atoms with Crippen LogP contribution in [-0.2, 0) is 11.3 Å². The topological polar surface area (TPSA) is 42.0 Å². The Morgan fingerprint density at radius 1 is 1.73 bits per heavy atom. The summed E-state index contributed by atoms with van der Waals surface area (Å²) >= 11 is 3.45. The van der Waals surface area contributed by atoms with Gasteiger partial charge in [0.25, 0.3) is 0 Å². The summed E-state index contributed by atoms with van der Waals surface area (Å²) in [7, 11) is 0. The van der Waals surface area contributed by atoms with Crippen LogP contribution >= 0.6 is 15.9 Å². The van der Waals surface area contributed by atoms with E-state index in [-0.39, 0.29) is 11.3 Å². The Morgan fingerprint density at radius 3 is 3.00 bits per heavy atom. The lowest BCUT2D eigenvalue weighted by Gasteiger charge is -2.09. The fourth-order valence-electron chi connectivity index (χ4n) is 1.42. The third kappa shape index (κ3) is 2.20. The van der Waals surface area contributed by atoms with Gasteiger partial charge >= 0.3 is 0 Å². The maximum Gasteiger partial charge on any atom is 0.227 e. The predicted molar refractivity (Wildman–Crippen MR) is 61.5 cm³/mol. The SMILES string of the molecule is CC1(C(=O)NCc2ccccn2)CC1Br. The second kappa shape index (κ2) is 3.93. The van der Waals surface area contributed by atoms with Crippen LogP contribution in [0.3, 0.4) is 0 Å². The van der Waals surface area contributed by atoms with Crippen LogP contribution in [0.25, 0.3) is 0 Å². The normalized spacial score (nSPS) is 28.5. The Balaban J connectivity index is 1.87. The number of amides is 1. The summed E-state index contributed by atoms with van der Waals surface area (Å²) in [6, 6.07) is 5.68. The third-order valence-electron chi connectivity index (χ3n) is 2.81. The van der Waals surface area contributed by atoms with Crippen molar-refractivity contribution in [2.45, 2.75) is 24.7 Å². The maximum absolute atomic E-state index is 11.7. The second-order valence-electron chi connectivity index (χ2n) is 4.09. The van der Waals surface area contributed by atoms with E-state index in [1.54, 1.807) is 6.20 Å². The second-order valence-corrected chi connectivity index (χ2v) is 5.20. The summed E-state index contributed by atoms with van der Waals surface area (Å²) in [5.74, 6) is 0.107. The summed E-state index contributed by atoms with van der Waals surface area (Å²) in [5, 5.41) is 2.90. The first-order valence-corrected chi connectivity index (χ1v) is 5.87. The molecule has 1 aromatic heterocycles. The molecule has 1 heterocycles. The zero-order chi connectivity index (χ0) is 10.9. The molecule has 1 amide bonds. The molecule has 1 saturated carbocycles. The Kier molecular flexibility index (Phi) is 2.78. The van der Waals surface area contributed by atoms with Crippen LogP contribution in [0.5, 0.6) is 0 Å². The van der Waals surface area contributed by atoms with Gasteiger partial charge < -0.3 is 5.32 Å². The van der Waals surface area contributed by atoms with Crippen LogP contribution in [0.15, 0.2) is 24.4 Å². The fraction of sp³-hybridized carbons (Fsp3) is 0.455. The first-order valence-electron chi connectivity index (χ1n) is 4.95.